The van der Waals surface area contributed by atoms with Gasteiger partial charge in [-0.2, -0.15) is 0 Å². The summed E-state index contributed by atoms with van der Waals surface area (Å²) in [7, 11) is 1.92. The van der Waals surface area contributed by atoms with Crippen molar-refractivity contribution in [2.45, 2.75) is 51.0 Å². The average molecular weight is 483 g/mol. The maximum Gasteiger partial charge on any atom is 0.193 e. The Labute approximate surface area is 181 Å². The van der Waals surface area contributed by atoms with Gasteiger partial charge in [-0.25, -0.2) is 0 Å². The Morgan fingerprint density at radius 2 is 1.96 bits per heavy atom. The van der Waals surface area contributed by atoms with Gasteiger partial charge in [-0.3, -0.25) is 4.99 Å². The van der Waals surface area contributed by atoms with E-state index in [4.69, 9.17) is 4.74 Å². The number of rotatable bonds is 3. The standard InChI is InChI=1S/C22H33N3O.HI/c1-23-21(25-14-13-22(17-25)11-5-6-12-22)24-16-19-10-7-15-26-20(19)18-8-3-2-4-9-18;/h2-4,8-9,19-20H,5-7,10-17H2,1H3,(H,23,24);1H. The molecular weight excluding hydrogens is 449 g/mol. The Morgan fingerprint density at radius 1 is 1.19 bits per heavy atom. The lowest BCUT2D eigenvalue weighted by Gasteiger charge is -2.33. The number of guanidine groups is 1. The summed E-state index contributed by atoms with van der Waals surface area (Å²) < 4.78 is 6.15. The molecule has 0 radical (unpaired) electrons. The summed E-state index contributed by atoms with van der Waals surface area (Å²) in [4.78, 5) is 7.09. The monoisotopic (exact) mass is 483 g/mol. The summed E-state index contributed by atoms with van der Waals surface area (Å²) >= 11 is 0. The zero-order chi connectivity index (χ0) is 17.8. The van der Waals surface area contributed by atoms with E-state index in [0.717, 1.165) is 32.1 Å². The molecule has 3 aliphatic rings. The summed E-state index contributed by atoms with van der Waals surface area (Å²) in [5.74, 6) is 1.59. The molecule has 0 aromatic heterocycles. The third-order valence-corrected chi connectivity index (χ3v) is 6.71. The Balaban J connectivity index is 0.00000210. The van der Waals surface area contributed by atoms with Gasteiger partial charge in [0.1, 0.15) is 0 Å². The number of benzene rings is 1. The molecule has 3 fully saturated rings. The van der Waals surface area contributed by atoms with E-state index in [2.05, 4.69) is 45.5 Å². The molecule has 5 heteroatoms. The minimum Gasteiger partial charge on any atom is -0.373 e. The fourth-order valence-electron chi connectivity index (χ4n) is 5.27. The van der Waals surface area contributed by atoms with Crippen molar-refractivity contribution in [3.05, 3.63) is 35.9 Å². The van der Waals surface area contributed by atoms with Crippen molar-refractivity contribution < 1.29 is 4.74 Å². The third kappa shape index (κ3) is 4.78. The predicted octanol–water partition coefficient (Wildman–Crippen LogP) is 4.61. The molecule has 1 saturated carbocycles. The maximum atomic E-state index is 6.15. The number of aliphatic imine (C=N–C) groups is 1. The smallest absolute Gasteiger partial charge is 0.193 e. The summed E-state index contributed by atoms with van der Waals surface area (Å²) in [5.41, 5.74) is 1.89. The Kier molecular flexibility index (Phi) is 7.42. The van der Waals surface area contributed by atoms with Gasteiger partial charge in [-0.15, -0.1) is 24.0 Å². The fourth-order valence-corrected chi connectivity index (χ4v) is 5.27. The molecule has 1 aliphatic carbocycles. The first-order valence-electron chi connectivity index (χ1n) is 10.4. The van der Waals surface area contributed by atoms with Gasteiger partial charge in [0.25, 0.3) is 0 Å². The molecule has 2 unspecified atom stereocenters. The molecule has 150 valence electrons. The van der Waals surface area contributed by atoms with Crippen LogP contribution in [0.2, 0.25) is 0 Å². The molecule has 0 bridgehead atoms. The van der Waals surface area contributed by atoms with Crippen LogP contribution in [0.1, 0.15) is 56.6 Å². The van der Waals surface area contributed by atoms with Crippen molar-refractivity contribution >= 4 is 29.9 Å². The Morgan fingerprint density at radius 3 is 2.70 bits per heavy atom. The maximum absolute atomic E-state index is 6.15. The highest BCUT2D eigenvalue weighted by Gasteiger charge is 2.41. The van der Waals surface area contributed by atoms with Crippen molar-refractivity contribution in [1.29, 1.82) is 0 Å². The molecule has 27 heavy (non-hydrogen) atoms. The number of nitrogens with one attached hydrogen (secondary N) is 1. The Hall–Kier alpha value is -0.820. The molecular formula is C22H34IN3O. The first kappa shape index (κ1) is 20.9. The molecule has 4 rings (SSSR count). The number of hydrogen-bond acceptors (Lipinski definition) is 2. The van der Waals surface area contributed by atoms with Gasteiger partial charge in [-0.1, -0.05) is 43.2 Å². The second kappa shape index (κ2) is 9.59. The lowest BCUT2D eigenvalue weighted by Crippen LogP contribution is -2.44. The van der Waals surface area contributed by atoms with Crippen LogP contribution in [0.5, 0.6) is 0 Å². The largest absolute Gasteiger partial charge is 0.373 e. The van der Waals surface area contributed by atoms with Gasteiger partial charge in [0, 0.05) is 39.2 Å². The zero-order valence-corrected chi connectivity index (χ0v) is 18.9. The molecule has 2 atom stereocenters. The first-order valence-corrected chi connectivity index (χ1v) is 10.4. The van der Waals surface area contributed by atoms with Crippen LogP contribution in [-0.2, 0) is 4.74 Å². The lowest BCUT2D eigenvalue weighted by molar-refractivity contribution is -0.0266. The molecule has 0 amide bonds. The second-order valence-electron chi connectivity index (χ2n) is 8.41. The molecule has 2 heterocycles. The fraction of sp³-hybridized carbons (Fsp3) is 0.682. The predicted molar refractivity (Wildman–Crippen MR) is 122 cm³/mol. The summed E-state index contributed by atoms with van der Waals surface area (Å²) in [5, 5.41) is 3.68. The van der Waals surface area contributed by atoms with E-state index < -0.39 is 0 Å². The van der Waals surface area contributed by atoms with Crippen molar-refractivity contribution in [1.82, 2.24) is 10.2 Å². The summed E-state index contributed by atoms with van der Waals surface area (Å²) in [6.45, 7) is 4.16. The van der Waals surface area contributed by atoms with Crippen molar-refractivity contribution in [3.8, 4) is 0 Å². The highest BCUT2D eigenvalue weighted by atomic mass is 127. The van der Waals surface area contributed by atoms with Gasteiger partial charge in [-0.05, 0) is 43.1 Å². The average Bonchev–Trinajstić information content (AvgIpc) is 3.33. The molecule has 4 nitrogen and oxygen atoms in total. The first-order chi connectivity index (χ1) is 12.8. The van der Waals surface area contributed by atoms with Crippen molar-refractivity contribution in [2.24, 2.45) is 16.3 Å². The van der Waals surface area contributed by atoms with Crippen LogP contribution >= 0.6 is 24.0 Å². The van der Waals surface area contributed by atoms with Crippen molar-refractivity contribution in [3.63, 3.8) is 0 Å². The minimum atomic E-state index is 0. The number of nitrogens with zero attached hydrogens (tertiary/aromatic N) is 2. The van der Waals surface area contributed by atoms with Crippen LogP contribution in [0.3, 0.4) is 0 Å². The topological polar surface area (TPSA) is 36.9 Å². The second-order valence-corrected chi connectivity index (χ2v) is 8.41. The van der Waals surface area contributed by atoms with E-state index in [1.54, 1.807) is 0 Å². The van der Waals surface area contributed by atoms with Crippen LogP contribution in [0.15, 0.2) is 35.3 Å². The number of likely N-dealkylation sites (tertiary alicyclic amines) is 1. The summed E-state index contributed by atoms with van der Waals surface area (Å²) in [6.07, 6.45) is 9.56. The van der Waals surface area contributed by atoms with Gasteiger partial charge in [0.05, 0.1) is 6.10 Å². The highest BCUT2D eigenvalue weighted by molar-refractivity contribution is 14.0. The van der Waals surface area contributed by atoms with Crippen LogP contribution in [0.4, 0.5) is 0 Å². The van der Waals surface area contributed by atoms with Gasteiger partial charge < -0.3 is 15.0 Å². The van der Waals surface area contributed by atoms with E-state index in [9.17, 15) is 0 Å². The number of halogens is 1. The van der Waals surface area contributed by atoms with Crippen molar-refractivity contribution in [2.75, 3.05) is 33.3 Å². The number of ether oxygens (including phenoxy) is 1. The van der Waals surface area contributed by atoms with E-state index in [1.807, 2.05) is 7.05 Å². The molecule has 1 aromatic rings. The zero-order valence-electron chi connectivity index (χ0n) is 16.5. The normalized spacial score (nSPS) is 27.6. The van der Waals surface area contributed by atoms with E-state index in [-0.39, 0.29) is 30.1 Å². The van der Waals surface area contributed by atoms with E-state index in [1.165, 1.54) is 50.6 Å². The van der Waals surface area contributed by atoms with Gasteiger partial charge >= 0.3 is 0 Å². The minimum absolute atomic E-state index is 0. The SMILES string of the molecule is CN=C(NCC1CCCOC1c1ccccc1)N1CCC2(CCCC2)C1.I. The Bertz CT molecular complexity index is 615. The summed E-state index contributed by atoms with van der Waals surface area (Å²) in [6, 6.07) is 10.7. The van der Waals surface area contributed by atoms with Crippen LogP contribution < -0.4 is 5.32 Å². The van der Waals surface area contributed by atoms with Gasteiger partial charge in [0.15, 0.2) is 5.96 Å². The molecule has 1 spiro atoms. The third-order valence-electron chi connectivity index (χ3n) is 6.71. The van der Waals surface area contributed by atoms with Crippen LogP contribution in [0, 0.1) is 11.3 Å². The van der Waals surface area contributed by atoms with Crippen LogP contribution in [-0.4, -0.2) is 44.1 Å². The molecule has 2 aliphatic heterocycles. The quantitative estimate of drug-likeness (QED) is 0.388. The molecule has 2 saturated heterocycles. The number of hydrogen-bond donors (Lipinski definition) is 1. The van der Waals surface area contributed by atoms with Gasteiger partial charge in [0.2, 0.25) is 0 Å². The van der Waals surface area contributed by atoms with Crippen LogP contribution in [0.25, 0.3) is 0 Å². The highest BCUT2D eigenvalue weighted by Crippen LogP contribution is 2.45. The van der Waals surface area contributed by atoms with E-state index in [0.29, 0.717) is 11.3 Å². The molecule has 1 N–H and O–H groups in total. The lowest BCUT2D eigenvalue weighted by atomic mass is 9.86. The van der Waals surface area contributed by atoms with E-state index >= 15 is 0 Å². The molecule has 1 aromatic carbocycles.